The number of carbonyl (C=O) groups is 1. The Morgan fingerprint density at radius 3 is 2.59 bits per heavy atom. The molecule has 110 valence electrons. The number of aryl methyl sites for hydroxylation is 1. The number of carbonyl (C=O) groups excluding carboxylic acids is 1. The van der Waals surface area contributed by atoms with E-state index in [1.165, 1.54) is 0 Å². The minimum absolute atomic E-state index is 0.131. The molecule has 0 saturated carbocycles. The van der Waals surface area contributed by atoms with E-state index in [4.69, 9.17) is 0 Å². The van der Waals surface area contributed by atoms with Crippen LogP contribution in [0.5, 0.6) is 0 Å². The van der Waals surface area contributed by atoms with Gasteiger partial charge in [0.25, 0.3) is 11.5 Å². The number of fused-ring (bicyclic) bond motifs is 1. The number of aromatic amines is 1. The summed E-state index contributed by atoms with van der Waals surface area (Å²) in [5, 5.41) is 5.07. The molecule has 2 N–H and O–H groups in total. The normalized spacial score (nSPS) is 10.6. The van der Waals surface area contributed by atoms with Crippen molar-refractivity contribution in [3.63, 3.8) is 0 Å². The van der Waals surface area contributed by atoms with Crippen LogP contribution in [0.1, 0.15) is 21.6 Å². The molecule has 0 bridgehead atoms. The number of pyridine rings is 1. The monoisotopic (exact) mass is 292 g/mol. The van der Waals surface area contributed by atoms with Gasteiger partial charge in [-0.25, -0.2) is 0 Å². The number of aromatic nitrogens is 1. The predicted octanol–water partition coefficient (Wildman–Crippen LogP) is 2.77. The number of rotatable bonds is 3. The van der Waals surface area contributed by atoms with Crippen molar-refractivity contribution in [2.45, 2.75) is 13.5 Å². The first-order valence-electron chi connectivity index (χ1n) is 7.09. The van der Waals surface area contributed by atoms with Crippen LogP contribution in [0.4, 0.5) is 0 Å². The van der Waals surface area contributed by atoms with E-state index in [1.54, 1.807) is 19.1 Å². The summed E-state index contributed by atoms with van der Waals surface area (Å²) in [5.74, 6) is -0.366. The largest absolute Gasteiger partial charge is 0.348 e. The molecule has 0 saturated heterocycles. The zero-order chi connectivity index (χ0) is 15.5. The maximum absolute atomic E-state index is 12.1. The molecular weight excluding hydrogens is 276 g/mol. The molecule has 4 nitrogen and oxygen atoms in total. The highest BCUT2D eigenvalue weighted by atomic mass is 16.2. The lowest BCUT2D eigenvalue weighted by Crippen LogP contribution is -2.29. The van der Waals surface area contributed by atoms with Gasteiger partial charge in [-0.1, -0.05) is 36.4 Å². The van der Waals surface area contributed by atoms with E-state index in [0.717, 1.165) is 22.0 Å². The van der Waals surface area contributed by atoms with E-state index < -0.39 is 0 Å². The quantitative estimate of drug-likeness (QED) is 0.779. The summed E-state index contributed by atoms with van der Waals surface area (Å²) >= 11 is 0. The summed E-state index contributed by atoms with van der Waals surface area (Å²) in [7, 11) is 0. The van der Waals surface area contributed by atoms with Gasteiger partial charge in [0.2, 0.25) is 0 Å². The summed E-state index contributed by atoms with van der Waals surface area (Å²) < 4.78 is 0. The van der Waals surface area contributed by atoms with E-state index in [0.29, 0.717) is 6.54 Å². The van der Waals surface area contributed by atoms with Crippen LogP contribution in [0, 0.1) is 6.92 Å². The van der Waals surface area contributed by atoms with Crippen LogP contribution in [0.15, 0.2) is 59.4 Å². The molecule has 0 radical (unpaired) electrons. The SMILES string of the molecule is Cc1ccc(C(=O)NCc2ccc3ccccc3c2)c(=O)[nH]1. The van der Waals surface area contributed by atoms with Gasteiger partial charge in [0.1, 0.15) is 5.56 Å². The number of H-pyrrole nitrogens is 1. The Morgan fingerprint density at radius 1 is 1.05 bits per heavy atom. The highest BCUT2D eigenvalue weighted by Gasteiger charge is 2.09. The average Bonchev–Trinajstić information content (AvgIpc) is 2.52. The number of benzene rings is 2. The Hall–Kier alpha value is -2.88. The molecule has 0 atom stereocenters. The molecule has 22 heavy (non-hydrogen) atoms. The van der Waals surface area contributed by atoms with Gasteiger partial charge in [-0.3, -0.25) is 9.59 Å². The van der Waals surface area contributed by atoms with Gasteiger partial charge >= 0.3 is 0 Å². The Balaban J connectivity index is 1.75. The van der Waals surface area contributed by atoms with Crippen molar-refractivity contribution >= 4 is 16.7 Å². The minimum atomic E-state index is -0.366. The van der Waals surface area contributed by atoms with Crippen LogP contribution in [-0.2, 0) is 6.54 Å². The molecule has 0 fully saturated rings. The third-order valence-corrected chi connectivity index (χ3v) is 3.57. The Bertz CT molecular complexity index is 897. The van der Waals surface area contributed by atoms with Gasteiger partial charge in [0, 0.05) is 12.2 Å². The Kier molecular flexibility index (Phi) is 3.74. The molecule has 0 aliphatic heterocycles. The van der Waals surface area contributed by atoms with Crippen molar-refractivity contribution in [2.24, 2.45) is 0 Å². The Labute approximate surface area is 127 Å². The van der Waals surface area contributed by atoms with Crippen LogP contribution < -0.4 is 10.9 Å². The maximum atomic E-state index is 12.1. The number of amides is 1. The molecule has 0 spiro atoms. The van der Waals surface area contributed by atoms with E-state index in [-0.39, 0.29) is 17.0 Å². The lowest BCUT2D eigenvalue weighted by atomic mass is 10.1. The number of hydrogen-bond donors (Lipinski definition) is 2. The summed E-state index contributed by atoms with van der Waals surface area (Å²) in [6, 6.07) is 17.3. The van der Waals surface area contributed by atoms with Crippen molar-refractivity contribution in [1.29, 1.82) is 0 Å². The van der Waals surface area contributed by atoms with Gasteiger partial charge in [0.15, 0.2) is 0 Å². The van der Waals surface area contributed by atoms with Gasteiger partial charge in [-0.2, -0.15) is 0 Å². The molecule has 3 aromatic rings. The van der Waals surface area contributed by atoms with Crippen LogP contribution in [0.25, 0.3) is 10.8 Å². The van der Waals surface area contributed by atoms with Crippen molar-refractivity contribution in [2.75, 3.05) is 0 Å². The zero-order valence-electron chi connectivity index (χ0n) is 12.2. The maximum Gasteiger partial charge on any atom is 0.260 e. The third kappa shape index (κ3) is 2.91. The molecule has 0 unspecified atom stereocenters. The standard InChI is InChI=1S/C18H16N2O2/c1-12-6-9-16(18(22)20-12)17(21)19-11-13-7-8-14-4-2-3-5-15(14)10-13/h2-10H,11H2,1H3,(H,19,21)(H,20,22). The average molecular weight is 292 g/mol. The third-order valence-electron chi connectivity index (χ3n) is 3.57. The summed E-state index contributed by atoms with van der Waals surface area (Å²) in [6.45, 7) is 2.16. The van der Waals surface area contributed by atoms with Crippen LogP contribution >= 0.6 is 0 Å². The van der Waals surface area contributed by atoms with E-state index >= 15 is 0 Å². The second kappa shape index (κ2) is 5.85. The minimum Gasteiger partial charge on any atom is -0.348 e. The fourth-order valence-electron chi connectivity index (χ4n) is 2.38. The predicted molar refractivity (Wildman–Crippen MR) is 86.9 cm³/mol. The number of hydrogen-bond acceptors (Lipinski definition) is 2. The van der Waals surface area contributed by atoms with Crippen LogP contribution in [0.2, 0.25) is 0 Å². The lowest BCUT2D eigenvalue weighted by Gasteiger charge is -2.06. The van der Waals surface area contributed by atoms with E-state index in [9.17, 15) is 9.59 Å². The highest BCUT2D eigenvalue weighted by molar-refractivity contribution is 5.93. The van der Waals surface area contributed by atoms with Crippen LogP contribution in [0.3, 0.4) is 0 Å². The smallest absolute Gasteiger partial charge is 0.260 e. The van der Waals surface area contributed by atoms with E-state index in [1.807, 2.05) is 42.5 Å². The van der Waals surface area contributed by atoms with Gasteiger partial charge < -0.3 is 10.3 Å². The Morgan fingerprint density at radius 2 is 1.82 bits per heavy atom. The fourth-order valence-corrected chi connectivity index (χ4v) is 2.38. The zero-order valence-corrected chi connectivity index (χ0v) is 12.2. The summed E-state index contributed by atoms with van der Waals surface area (Å²) in [4.78, 5) is 26.5. The molecule has 0 aliphatic rings. The molecule has 3 rings (SSSR count). The van der Waals surface area contributed by atoms with E-state index in [2.05, 4.69) is 10.3 Å². The molecule has 1 heterocycles. The molecule has 2 aromatic carbocycles. The summed E-state index contributed by atoms with van der Waals surface area (Å²) in [5.41, 5.74) is 1.49. The second-order valence-electron chi connectivity index (χ2n) is 5.25. The fraction of sp³-hybridized carbons (Fsp3) is 0.111. The van der Waals surface area contributed by atoms with Crippen molar-refractivity contribution < 1.29 is 4.79 Å². The number of nitrogens with one attached hydrogen (secondary N) is 2. The first kappa shape index (κ1) is 14.1. The van der Waals surface area contributed by atoms with Crippen molar-refractivity contribution in [3.05, 3.63) is 81.8 Å². The van der Waals surface area contributed by atoms with Gasteiger partial charge in [0.05, 0.1) is 0 Å². The molecule has 4 heteroatoms. The molecular formula is C18H16N2O2. The summed E-state index contributed by atoms with van der Waals surface area (Å²) in [6.07, 6.45) is 0. The van der Waals surface area contributed by atoms with Crippen molar-refractivity contribution in [1.82, 2.24) is 10.3 Å². The molecule has 1 aromatic heterocycles. The first-order chi connectivity index (χ1) is 10.6. The topological polar surface area (TPSA) is 62.0 Å². The van der Waals surface area contributed by atoms with Gasteiger partial charge in [-0.15, -0.1) is 0 Å². The first-order valence-corrected chi connectivity index (χ1v) is 7.09. The molecule has 0 aliphatic carbocycles. The lowest BCUT2D eigenvalue weighted by molar-refractivity contribution is 0.0949. The van der Waals surface area contributed by atoms with Gasteiger partial charge in [-0.05, 0) is 41.5 Å². The molecule has 1 amide bonds. The van der Waals surface area contributed by atoms with Crippen LogP contribution in [-0.4, -0.2) is 10.9 Å². The highest BCUT2D eigenvalue weighted by Crippen LogP contribution is 2.15. The second-order valence-corrected chi connectivity index (χ2v) is 5.25. The van der Waals surface area contributed by atoms with Crippen molar-refractivity contribution in [3.8, 4) is 0 Å².